The van der Waals surface area contributed by atoms with Crippen molar-refractivity contribution in [1.29, 1.82) is 0 Å². The van der Waals surface area contributed by atoms with E-state index in [-0.39, 0.29) is 48.1 Å². The number of piperazine rings is 1. The zero-order valence-electron chi connectivity index (χ0n) is 25.6. The molecule has 2 aromatic heterocycles. The molecular formula is C30H35F3N8O5. The molecule has 0 saturated carbocycles. The summed E-state index contributed by atoms with van der Waals surface area (Å²) in [4.78, 5) is 56.8. The molecule has 0 spiro atoms. The molecule has 16 heteroatoms. The summed E-state index contributed by atoms with van der Waals surface area (Å²) in [7, 11) is 1.44. The van der Waals surface area contributed by atoms with Gasteiger partial charge in [-0.1, -0.05) is 24.5 Å². The van der Waals surface area contributed by atoms with E-state index in [4.69, 9.17) is 4.74 Å². The second-order valence-corrected chi connectivity index (χ2v) is 10.9. The van der Waals surface area contributed by atoms with Gasteiger partial charge in [-0.3, -0.25) is 18.7 Å². The predicted molar refractivity (Wildman–Crippen MR) is 161 cm³/mol. The average Bonchev–Trinajstić information content (AvgIpc) is 3.42. The summed E-state index contributed by atoms with van der Waals surface area (Å²) in [5.74, 6) is 2.69. The molecule has 0 unspecified atom stereocenters. The number of piperidine rings is 1. The number of hydroxylamine groups is 2. The molecule has 2 saturated heterocycles. The van der Waals surface area contributed by atoms with Crippen LogP contribution in [0.5, 0.6) is 11.8 Å². The van der Waals surface area contributed by atoms with Crippen LogP contribution < -0.4 is 20.5 Å². The quantitative estimate of drug-likeness (QED) is 0.288. The lowest BCUT2D eigenvalue weighted by atomic mass is 10.1. The van der Waals surface area contributed by atoms with Crippen LogP contribution in [0.1, 0.15) is 36.5 Å². The lowest BCUT2D eigenvalue weighted by Crippen LogP contribution is -2.44. The molecule has 1 amide bonds. The van der Waals surface area contributed by atoms with E-state index < -0.39 is 23.6 Å². The number of benzene rings is 1. The first-order chi connectivity index (χ1) is 22.1. The number of imidazole rings is 1. The zero-order valence-corrected chi connectivity index (χ0v) is 25.6. The van der Waals surface area contributed by atoms with E-state index in [2.05, 4.69) is 32.0 Å². The van der Waals surface area contributed by atoms with Gasteiger partial charge in [0.15, 0.2) is 11.2 Å². The third-order valence-electron chi connectivity index (χ3n) is 7.78. The van der Waals surface area contributed by atoms with Crippen molar-refractivity contribution in [2.75, 3.05) is 57.3 Å². The van der Waals surface area contributed by atoms with Crippen LogP contribution in [0, 0.1) is 11.8 Å². The number of hydrogen-bond acceptors (Lipinski definition) is 10. The molecule has 0 aliphatic carbocycles. The first-order valence-corrected chi connectivity index (χ1v) is 15.0. The fourth-order valence-electron chi connectivity index (χ4n) is 5.36. The molecule has 0 atom stereocenters. The Hall–Kier alpha value is -4.62. The molecule has 0 bridgehead atoms. The normalized spacial score (nSPS) is 15.7. The molecule has 0 radical (unpaired) electrons. The van der Waals surface area contributed by atoms with Crippen LogP contribution in [0.15, 0.2) is 29.1 Å². The Morgan fingerprint density at radius 3 is 2.48 bits per heavy atom. The fraction of sp³-hybridized carbons (Fsp3) is 0.500. The lowest BCUT2D eigenvalue weighted by molar-refractivity contribution is -0.228. The number of amides is 1. The number of para-hydroxylation sites is 1. The first kappa shape index (κ1) is 32.8. The van der Waals surface area contributed by atoms with Gasteiger partial charge in [-0.15, -0.1) is 5.92 Å². The van der Waals surface area contributed by atoms with Crippen molar-refractivity contribution in [3.05, 3.63) is 40.2 Å². The van der Waals surface area contributed by atoms with Crippen LogP contribution >= 0.6 is 0 Å². The molecule has 13 nitrogen and oxygen atoms in total. The minimum atomic E-state index is -5.31. The van der Waals surface area contributed by atoms with Crippen LogP contribution in [0.2, 0.25) is 0 Å². The fourth-order valence-corrected chi connectivity index (χ4v) is 5.36. The van der Waals surface area contributed by atoms with E-state index in [9.17, 15) is 27.6 Å². The van der Waals surface area contributed by atoms with Crippen molar-refractivity contribution in [3.8, 4) is 23.6 Å². The largest absolute Gasteiger partial charge is 0.493 e. The van der Waals surface area contributed by atoms with Crippen LogP contribution in [-0.2, 0) is 23.2 Å². The van der Waals surface area contributed by atoms with E-state index in [1.165, 1.54) is 25.2 Å². The summed E-state index contributed by atoms with van der Waals surface area (Å²) < 4.78 is 48.3. The molecule has 2 aliphatic heterocycles. The summed E-state index contributed by atoms with van der Waals surface area (Å²) in [6, 6.07) is 5.55. The summed E-state index contributed by atoms with van der Waals surface area (Å²) in [6.07, 6.45) is -2.43. The molecule has 5 rings (SSSR count). The Morgan fingerprint density at radius 2 is 1.78 bits per heavy atom. The van der Waals surface area contributed by atoms with Crippen LogP contribution in [0.25, 0.3) is 11.2 Å². The van der Waals surface area contributed by atoms with Crippen molar-refractivity contribution in [1.82, 2.24) is 34.4 Å². The third kappa shape index (κ3) is 7.26. The maximum Gasteiger partial charge on any atom is 0.493 e. The van der Waals surface area contributed by atoms with Crippen molar-refractivity contribution in [2.24, 2.45) is 7.05 Å². The molecule has 1 aromatic carbocycles. The van der Waals surface area contributed by atoms with Gasteiger partial charge in [0.05, 0.1) is 18.7 Å². The molecule has 2 aliphatic rings. The van der Waals surface area contributed by atoms with Crippen molar-refractivity contribution >= 4 is 29.0 Å². The SMILES string of the molecule is CC#CCn1c(N2CCNCC2)nc2nc(Oc3ccccc3C(=O)N(CCN3CCCCC3)OC(=O)C(F)(F)F)n(C)c(=O)c21. The predicted octanol–water partition coefficient (Wildman–Crippen LogP) is 2.30. The van der Waals surface area contributed by atoms with Gasteiger partial charge in [0.1, 0.15) is 5.75 Å². The second kappa shape index (κ2) is 14.2. The standard InChI is InChI=1S/C30H35F3N8O5/c1-3-4-16-40-23-24(35-28(40)39-17-12-34-13-18-39)36-29(37(2)26(23)43)45-22-11-7-6-10-21(22)25(42)41(46-27(44)30(31,32)33)20-19-38-14-8-5-9-15-38/h6-7,10-11,34H,5,8-9,12-20H2,1-2H3. The summed E-state index contributed by atoms with van der Waals surface area (Å²) >= 11 is 0. The summed E-state index contributed by atoms with van der Waals surface area (Å²) in [5, 5.41) is 3.68. The van der Waals surface area contributed by atoms with Gasteiger partial charge in [0.25, 0.3) is 11.5 Å². The Labute approximate surface area is 262 Å². The Morgan fingerprint density at radius 1 is 1.07 bits per heavy atom. The van der Waals surface area contributed by atoms with Crippen LogP contribution in [-0.4, -0.2) is 99.5 Å². The summed E-state index contributed by atoms with van der Waals surface area (Å²) in [5.41, 5.74) is -0.345. The average molecular weight is 645 g/mol. The zero-order chi connectivity index (χ0) is 32.8. The number of carbonyl (C=O) groups excluding carboxylic acids is 2. The Bertz CT molecular complexity index is 1700. The van der Waals surface area contributed by atoms with E-state index in [0.717, 1.165) is 36.9 Å². The number of fused-ring (bicyclic) bond motifs is 1. The van der Waals surface area contributed by atoms with Gasteiger partial charge < -0.3 is 24.7 Å². The topological polar surface area (TPSA) is 127 Å². The molecular weight excluding hydrogens is 609 g/mol. The van der Waals surface area contributed by atoms with Gasteiger partial charge in [-0.25, -0.2) is 4.79 Å². The lowest BCUT2D eigenvalue weighted by Gasteiger charge is -2.29. The van der Waals surface area contributed by atoms with E-state index >= 15 is 0 Å². The number of anilines is 1. The van der Waals surface area contributed by atoms with Gasteiger partial charge >= 0.3 is 18.2 Å². The van der Waals surface area contributed by atoms with Crippen molar-refractivity contribution in [2.45, 2.75) is 38.9 Å². The highest BCUT2D eigenvalue weighted by atomic mass is 19.4. The van der Waals surface area contributed by atoms with Crippen molar-refractivity contribution in [3.63, 3.8) is 0 Å². The number of ether oxygens (including phenoxy) is 1. The van der Waals surface area contributed by atoms with Gasteiger partial charge in [-0.2, -0.15) is 28.2 Å². The van der Waals surface area contributed by atoms with Crippen molar-refractivity contribution < 1.29 is 32.3 Å². The molecule has 4 heterocycles. The highest BCUT2D eigenvalue weighted by Gasteiger charge is 2.43. The number of aromatic nitrogens is 4. The molecule has 2 fully saturated rings. The molecule has 46 heavy (non-hydrogen) atoms. The minimum Gasteiger partial charge on any atom is -0.425 e. The molecule has 246 valence electrons. The minimum absolute atomic E-state index is 0.107. The van der Waals surface area contributed by atoms with E-state index in [1.807, 2.05) is 9.80 Å². The van der Waals surface area contributed by atoms with Crippen LogP contribution in [0.4, 0.5) is 19.1 Å². The van der Waals surface area contributed by atoms with E-state index in [1.54, 1.807) is 17.6 Å². The highest BCUT2D eigenvalue weighted by Crippen LogP contribution is 2.28. The number of likely N-dealkylation sites (tertiary alicyclic amines) is 1. The maximum absolute atomic E-state index is 13.7. The number of hydrogen-bond donors (Lipinski definition) is 1. The smallest absolute Gasteiger partial charge is 0.425 e. The van der Waals surface area contributed by atoms with Gasteiger partial charge in [0.2, 0.25) is 5.95 Å². The van der Waals surface area contributed by atoms with Crippen LogP contribution in [0.3, 0.4) is 0 Å². The van der Waals surface area contributed by atoms with E-state index in [0.29, 0.717) is 37.2 Å². The number of nitrogens with zero attached hydrogens (tertiary/aromatic N) is 7. The van der Waals surface area contributed by atoms with Gasteiger partial charge in [-0.05, 0) is 45.0 Å². The third-order valence-corrected chi connectivity index (χ3v) is 7.78. The number of nitrogens with one attached hydrogen (secondary N) is 1. The first-order valence-electron chi connectivity index (χ1n) is 15.0. The highest BCUT2D eigenvalue weighted by molar-refractivity contribution is 5.97. The monoisotopic (exact) mass is 644 g/mol. The Kier molecular flexibility index (Phi) is 10.1. The second-order valence-electron chi connectivity index (χ2n) is 10.9. The number of rotatable bonds is 8. The summed E-state index contributed by atoms with van der Waals surface area (Å²) in [6.45, 7) is 6.04. The molecule has 1 N–H and O–H groups in total. The number of alkyl halides is 3. The Balaban J connectivity index is 1.47. The molecule has 3 aromatic rings. The number of halogens is 3. The maximum atomic E-state index is 13.7. The number of carbonyl (C=O) groups is 2. The van der Waals surface area contributed by atoms with Gasteiger partial charge in [0, 0.05) is 39.8 Å².